The topological polar surface area (TPSA) is 9.23 Å². The molecule has 0 saturated carbocycles. The van der Waals surface area contributed by atoms with Crippen LogP contribution in [0.4, 0.5) is 0 Å². The SMILES string of the molecule is Clc1cccc(COc2[c]cccc2)c1. The summed E-state index contributed by atoms with van der Waals surface area (Å²) in [6.45, 7) is 0.515. The molecule has 0 fully saturated rings. The average Bonchev–Trinajstić information content (AvgIpc) is 2.28. The average molecular weight is 218 g/mol. The lowest BCUT2D eigenvalue weighted by molar-refractivity contribution is 0.305. The Morgan fingerprint density at radius 1 is 1.13 bits per heavy atom. The van der Waals surface area contributed by atoms with E-state index in [-0.39, 0.29) is 0 Å². The second-order valence-electron chi connectivity index (χ2n) is 3.15. The van der Waals surface area contributed by atoms with E-state index >= 15 is 0 Å². The number of hydrogen-bond acceptors (Lipinski definition) is 1. The first-order chi connectivity index (χ1) is 7.34. The van der Waals surface area contributed by atoms with E-state index in [1.54, 1.807) is 0 Å². The molecule has 0 heterocycles. The predicted octanol–water partition coefficient (Wildman–Crippen LogP) is 3.72. The molecule has 0 atom stereocenters. The van der Waals surface area contributed by atoms with Crippen LogP contribution in [0.5, 0.6) is 5.75 Å². The summed E-state index contributed by atoms with van der Waals surface area (Å²) < 4.78 is 5.53. The molecule has 2 aromatic carbocycles. The number of benzene rings is 2. The van der Waals surface area contributed by atoms with Gasteiger partial charge in [-0.15, -0.1) is 0 Å². The van der Waals surface area contributed by atoms with Crippen molar-refractivity contribution in [2.24, 2.45) is 0 Å². The lowest BCUT2D eigenvalue weighted by atomic mass is 10.2. The smallest absolute Gasteiger partial charge is 0.127 e. The molecule has 1 radical (unpaired) electrons. The molecule has 2 heteroatoms. The van der Waals surface area contributed by atoms with Crippen LogP contribution >= 0.6 is 11.6 Å². The Hall–Kier alpha value is -1.47. The quantitative estimate of drug-likeness (QED) is 0.762. The van der Waals surface area contributed by atoms with Crippen LogP contribution in [0.2, 0.25) is 5.02 Å². The van der Waals surface area contributed by atoms with Crippen molar-refractivity contribution in [3.8, 4) is 5.75 Å². The molecule has 75 valence electrons. The van der Waals surface area contributed by atoms with Gasteiger partial charge in [0.25, 0.3) is 0 Å². The molecule has 0 saturated heterocycles. The first-order valence-electron chi connectivity index (χ1n) is 4.68. The molecule has 1 nitrogen and oxygen atoms in total. The fraction of sp³-hybridized carbons (Fsp3) is 0.0769. The first-order valence-corrected chi connectivity index (χ1v) is 5.06. The highest BCUT2D eigenvalue weighted by molar-refractivity contribution is 6.30. The normalized spacial score (nSPS) is 9.93. The van der Waals surface area contributed by atoms with Crippen molar-refractivity contribution in [2.75, 3.05) is 0 Å². The minimum absolute atomic E-state index is 0.515. The lowest BCUT2D eigenvalue weighted by Crippen LogP contribution is -1.94. The summed E-state index contributed by atoms with van der Waals surface area (Å²) >= 11 is 5.86. The molecule has 0 spiro atoms. The van der Waals surface area contributed by atoms with E-state index in [9.17, 15) is 0 Å². The number of halogens is 1. The Labute approximate surface area is 94.3 Å². The molecule has 2 aromatic rings. The van der Waals surface area contributed by atoms with Crippen LogP contribution < -0.4 is 4.74 Å². The minimum Gasteiger partial charge on any atom is -0.488 e. The highest BCUT2D eigenvalue weighted by Crippen LogP contribution is 2.14. The Kier molecular flexibility index (Phi) is 3.25. The summed E-state index contributed by atoms with van der Waals surface area (Å²) in [5, 5.41) is 0.730. The third-order valence-electron chi connectivity index (χ3n) is 1.96. The predicted molar refractivity (Wildman–Crippen MR) is 61.1 cm³/mol. The van der Waals surface area contributed by atoms with E-state index in [2.05, 4.69) is 6.07 Å². The molecule has 0 aliphatic carbocycles. The van der Waals surface area contributed by atoms with Gasteiger partial charge in [0.1, 0.15) is 12.4 Å². The standard InChI is InChI=1S/C13H10ClO/c14-12-6-4-5-11(9-12)10-15-13-7-2-1-3-8-13/h1-7,9H,10H2. The van der Waals surface area contributed by atoms with Crippen molar-refractivity contribution in [1.29, 1.82) is 0 Å². The maximum Gasteiger partial charge on any atom is 0.127 e. The molecule has 0 aliphatic rings. The van der Waals surface area contributed by atoms with Crippen molar-refractivity contribution in [3.63, 3.8) is 0 Å². The lowest BCUT2D eigenvalue weighted by Gasteiger charge is -2.05. The second kappa shape index (κ2) is 4.85. The van der Waals surface area contributed by atoms with E-state index in [1.165, 1.54) is 0 Å². The summed E-state index contributed by atoms with van der Waals surface area (Å²) in [5.74, 6) is 0.748. The van der Waals surface area contributed by atoms with Crippen molar-refractivity contribution in [3.05, 3.63) is 65.2 Å². The van der Waals surface area contributed by atoms with Gasteiger partial charge in [0.2, 0.25) is 0 Å². The molecular weight excluding hydrogens is 208 g/mol. The van der Waals surface area contributed by atoms with Gasteiger partial charge in [0.05, 0.1) is 0 Å². The Balaban J connectivity index is 1.99. The number of rotatable bonds is 3. The van der Waals surface area contributed by atoms with Gasteiger partial charge in [-0.25, -0.2) is 0 Å². The van der Waals surface area contributed by atoms with Crippen LogP contribution in [0.3, 0.4) is 0 Å². The van der Waals surface area contributed by atoms with Crippen molar-refractivity contribution < 1.29 is 4.74 Å². The molecule has 0 aromatic heterocycles. The van der Waals surface area contributed by atoms with E-state index < -0.39 is 0 Å². The zero-order valence-corrected chi connectivity index (χ0v) is 8.87. The molecule has 2 rings (SSSR count). The summed E-state index contributed by atoms with van der Waals surface area (Å²) in [7, 11) is 0. The fourth-order valence-corrected chi connectivity index (χ4v) is 1.47. The largest absolute Gasteiger partial charge is 0.488 e. The maximum absolute atomic E-state index is 5.86. The van der Waals surface area contributed by atoms with Gasteiger partial charge in [0, 0.05) is 11.1 Å². The Bertz CT molecular complexity index is 426. The van der Waals surface area contributed by atoms with Gasteiger partial charge >= 0.3 is 0 Å². The van der Waals surface area contributed by atoms with Crippen LogP contribution in [0.1, 0.15) is 5.56 Å². The van der Waals surface area contributed by atoms with E-state index in [1.807, 2.05) is 48.5 Å². The molecule has 0 amide bonds. The van der Waals surface area contributed by atoms with Gasteiger partial charge in [-0.2, -0.15) is 0 Å². The van der Waals surface area contributed by atoms with Crippen LogP contribution in [0.25, 0.3) is 0 Å². The van der Waals surface area contributed by atoms with Crippen LogP contribution in [-0.2, 0) is 6.61 Å². The molecular formula is C13H10ClO. The van der Waals surface area contributed by atoms with Crippen molar-refractivity contribution in [1.82, 2.24) is 0 Å². The summed E-state index contributed by atoms with van der Waals surface area (Å²) in [6, 6.07) is 18.2. The summed E-state index contributed by atoms with van der Waals surface area (Å²) in [4.78, 5) is 0. The van der Waals surface area contributed by atoms with E-state index in [0.717, 1.165) is 16.3 Å². The van der Waals surface area contributed by atoms with Gasteiger partial charge in [-0.3, -0.25) is 0 Å². The van der Waals surface area contributed by atoms with E-state index in [4.69, 9.17) is 16.3 Å². The van der Waals surface area contributed by atoms with Crippen LogP contribution in [0, 0.1) is 6.07 Å². The third kappa shape index (κ3) is 3.00. The molecule has 0 N–H and O–H groups in total. The Morgan fingerprint density at radius 3 is 2.80 bits per heavy atom. The minimum atomic E-state index is 0.515. The molecule has 0 bridgehead atoms. The monoisotopic (exact) mass is 217 g/mol. The van der Waals surface area contributed by atoms with Gasteiger partial charge in [-0.1, -0.05) is 41.9 Å². The second-order valence-corrected chi connectivity index (χ2v) is 3.58. The van der Waals surface area contributed by atoms with Gasteiger partial charge in [0.15, 0.2) is 0 Å². The van der Waals surface area contributed by atoms with Gasteiger partial charge < -0.3 is 4.74 Å². The zero-order valence-electron chi connectivity index (χ0n) is 8.11. The third-order valence-corrected chi connectivity index (χ3v) is 2.20. The highest BCUT2D eigenvalue weighted by Gasteiger charge is 1.95. The van der Waals surface area contributed by atoms with Crippen LogP contribution in [-0.4, -0.2) is 0 Å². The van der Waals surface area contributed by atoms with Crippen molar-refractivity contribution in [2.45, 2.75) is 6.61 Å². The van der Waals surface area contributed by atoms with Crippen LogP contribution in [0.15, 0.2) is 48.5 Å². The fourth-order valence-electron chi connectivity index (χ4n) is 1.25. The maximum atomic E-state index is 5.86. The molecule has 15 heavy (non-hydrogen) atoms. The summed E-state index contributed by atoms with van der Waals surface area (Å²) in [5.41, 5.74) is 1.06. The summed E-state index contributed by atoms with van der Waals surface area (Å²) in [6.07, 6.45) is 0. The molecule has 0 unspecified atom stereocenters. The number of ether oxygens (including phenoxy) is 1. The first kappa shape index (κ1) is 10.1. The van der Waals surface area contributed by atoms with Gasteiger partial charge in [-0.05, 0) is 23.8 Å². The highest BCUT2D eigenvalue weighted by atomic mass is 35.5. The molecule has 0 aliphatic heterocycles. The number of para-hydroxylation sites is 1. The zero-order chi connectivity index (χ0) is 10.5. The Morgan fingerprint density at radius 2 is 2.07 bits per heavy atom. The van der Waals surface area contributed by atoms with Crippen molar-refractivity contribution >= 4 is 11.6 Å². The number of hydrogen-bond donors (Lipinski definition) is 0. The van der Waals surface area contributed by atoms with E-state index in [0.29, 0.717) is 6.61 Å².